The second-order valence-electron chi connectivity index (χ2n) is 7.76. The minimum Gasteiger partial charge on any atom is -0.481 e. The van der Waals surface area contributed by atoms with Gasteiger partial charge in [0.1, 0.15) is 22.8 Å². The van der Waals surface area contributed by atoms with E-state index < -0.39 is 27.9 Å². The molecule has 9 heteroatoms. The van der Waals surface area contributed by atoms with E-state index in [0.717, 1.165) is 0 Å². The molecule has 0 unspecified atom stereocenters. The molecule has 4 rings (SSSR count). The van der Waals surface area contributed by atoms with E-state index in [2.05, 4.69) is 5.32 Å². The second-order valence-corrected chi connectivity index (χ2v) is 9.99. The highest BCUT2D eigenvalue weighted by atomic mass is 32.2. The lowest BCUT2D eigenvalue weighted by Crippen LogP contribution is -2.43. The van der Waals surface area contributed by atoms with E-state index in [9.17, 15) is 18.0 Å². The van der Waals surface area contributed by atoms with Gasteiger partial charge in [-0.25, -0.2) is 8.42 Å². The van der Waals surface area contributed by atoms with Crippen molar-refractivity contribution < 1.29 is 27.1 Å². The van der Waals surface area contributed by atoms with Crippen LogP contribution in [0, 0.1) is 6.92 Å². The normalized spacial score (nSPS) is 18.2. The van der Waals surface area contributed by atoms with Gasteiger partial charge in [0.2, 0.25) is 11.2 Å². The van der Waals surface area contributed by atoms with Crippen molar-refractivity contribution in [2.45, 2.75) is 32.4 Å². The third kappa shape index (κ3) is 4.77. The first-order chi connectivity index (χ1) is 15.2. The number of rotatable bonds is 6. The molecule has 1 aliphatic rings. The topological polar surface area (TPSA) is 112 Å². The molecule has 0 spiro atoms. The number of aryl methyl sites for hydroxylation is 1. The molecule has 32 heavy (non-hydrogen) atoms. The number of fused-ring (bicyclic) bond motifs is 1. The zero-order valence-corrected chi connectivity index (χ0v) is 18.5. The summed E-state index contributed by atoms with van der Waals surface area (Å²) in [5.74, 6) is 0.909. The summed E-state index contributed by atoms with van der Waals surface area (Å²) in [6.45, 7) is 3.21. The molecule has 8 nitrogen and oxygen atoms in total. The maximum absolute atomic E-state index is 12.9. The zero-order chi connectivity index (χ0) is 22.9. The summed E-state index contributed by atoms with van der Waals surface area (Å²) in [6, 6.07) is 13.2. The number of sulfone groups is 1. The highest BCUT2D eigenvalue weighted by Crippen LogP contribution is 2.27. The molecule has 0 bridgehead atoms. The van der Waals surface area contributed by atoms with Gasteiger partial charge in [0.05, 0.1) is 16.9 Å². The summed E-state index contributed by atoms with van der Waals surface area (Å²) in [4.78, 5) is 25.3. The minimum atomic E-state index is -3.09. The molecule has 3 aromatic rings. The van der Waals surface area contributed by atoms with Crippen molar-refractivity contribution in [2.75, 3.05) is 11.5 Å². The number of ether oxygens (including phenoxy) is 2. The van der Waals surface area contributed by atoms with Crippen LogP contribution < -0.4 is 20.2 Å². The number of benzene rings is 2. The molecular weight excluding hydrogens is 434 g/mol. The Balaban J connectivity index is 1.50. The first kappa shape index (κ1) is 21.9. The zero-order valence-electron chi connectivity index (χ0n) is 17.7. The van der Waals surface area contributed by atoms with E-state index in [1.807, 2.05) is 6.07 Å². The smallest absolute Gasteiger partial charge is 0.261 e. The molecule has 168 valence electrons. The van der Waals surface area contributed by atoms with E-state index in [1.165, 1.54) is 0 Å². The Morgan fingerprint density at radius 2 is 1.91 bits per heavy atom. The molecule has 0 saturated carbocycles. The molecular formula is C23H23NO7S. The van der Waals surface area contributed by atoms with Crippen LogP contribution in [0.1, 0.15) is 19.1 Å². The standard InChI is InChI=1S/C23H23NO7S/c1-14-22(31-17-6-4-3-5-7-17)21(25)19-9-8-18(12-20(19)30-14)29-15(2)23(26)24-16-10-11-32(27,28)13-16/h3-9,12,15-16H,10-11,13H2,1-2H3,(H,24,26)/t15-,16+/m0/s1. The van der Waals surface area contributed by atoms with Crippen molar-refractivity contribution in [2.24, 2.45) is 0 Å². The van der Waals surface area contributed by atoms with Gasteiger partial charge in [0, 0.05) is 12.1 Å². The highest BCUT2D eigenvalue weighted by molar-refractivity contribution is 7.91. The maximum Gasteiger partial charge on any atom is 0.261 e. The Hall–Kier alpha value is -3.33. The van der Waals surface area contributed by atoms with Gasteiger partial charge in [-0.2, -0.15) is 0 Å². The van der Waals surface area contributed by atoms with Crippen molar-refractivity contribution in [3.05, 3.63) is 64.5 Å². The van der Waals surface area contributed by atoms with Crippen LogP contribution in [0.2, 0.25) is 0 Å². The molecule has 2 atom stereocenters. The van der Waals surface area contributed by atoms with Crippen molar-refractivity contribution in [1.29, 1.82) is 0 Å². The lowest BCUT2D eigenvalue weighted by atomic mass is 10.2. The molecule has 1 aromatic heterocycles. The fourth-order valence-electron chi connectivity index (χ4n) is 3.55. The summed E-state index contributed by atoms with van der Waals surface area (Å²) < 4.78 is 40.3. The fraction of sp³-hybridized carbons (Fsp3) is 0.304. The van der Waals surface area contributed by atoms with Crippen molar-refractivity contribution in [3.8, 4) is 17.2 Å². The van der Waals surface area contributed by atoms with Gasteiger partial charge in [0.25, 0.3) is 5.91 Å². The van der Waals surface area contributed by atoms with Gasteiger partial charge in [-0.1, -0.05) is 18.2 Å². The predicted molar refractivity (Wildman–Crippen MR) is 119 cm³/mol. The van der Waals surface area contributed by atoms with Crippen LogP contribution in [0.3, 0.4) is 0 Å². The number of carbonyl (C=O) groups is 1. The average Bonchev–Trinajstić information content (AvgIpc) is 3.09. The maximum atomic E-state index is 12.9. The van der Waals surface area contributed by atoms with Crippen LogP contribution in [0.25, 0.3) is 11.0 Å². The quantitative estimate of drug-likeness (QED) is 0.606. The van der Waals surface area contributed by atoms with Gasteiger partial charge in [-0.05, 0) is 44.5 Å². The van der Waals surface area contributed by atoms with Gasteiger partial charge in [-0.15, -0.1) is 0 Å². The van der Waals surface area contributed by atoms with Crippen LogP contribution >= 0.6 is 0 Å². The fourth-order valence-corrected chi connectivity index (χ4v) is 5.22. The van der Waals surface area contributed by atoms with Crippen LogP contribution in [0.15, 0.2) is 57.7 Å². The molecule has 2 heterocycles. The molecule has 1 aliphatic heterocycles. The van der Waals surface area contributed by atoms with E-state index in [-0.39, 0.29) is 22.7 Å². The van der Waals surface area contributed by atoms with Gasteiger partial charge >= 0.3 is 0 Å². The molecule has 1 fully saturated rings. The Labute approximate surface area is 185 Å². The minimum absolute atomic E-state index is 0.0563. The van der Waals surface area contributed by atoms with Crippen molar-refractivity contribution >= 4 is 26.7 Å². The Morgan fingerprint density at radius 3 is 2.59 bits per heavy atom. The van der Waals surface area contributed by atoms with Crippen LogP contribution in [-0.4, -0.2) is 38.0 Å². The predicted octanol–water partition coefficient (Wildman–Crippen LogP) is 2.96. The van der Waals surface area contributed by atoms with E-state index in [1.54, 1.807) is 56.3 Å². The van der Waals surface area contributed by atoms with Gasteiger partial charge in [-0.3, -0.25) is 9.59 Å². The van der Waals surface area contributed by atoms with E-state index in [0.29, 0.717) is 34.6 Å². The van der Waals surface area contributed by atoms with Crippen LogP contribution in [0.4, 0.5) is 0 Å². The third-order valence-corrected chi connectivity index (χ3v) is 6.98. The molecule has 0 aliphatic carbocycles. The number of hydrogen-bond acceptors (Lipinski definition) is 7. The van der Waals surface area contributed by atoms with E-state index >= 15 is 0 Å². The Kier molecular flexibility index (Phi) is 5.92. The summed E-state index contributed by atoms with van der Waals surface area (Å²) in [5, 5.41) is 3.03. The first-order valence-corrected chi connectivity index (χ1v) is 12.0. The van der Waals surface area contributed by atoms with Gasteiger partial charge < -0.3 is 19.2 Å². The molecule has 1 amide bonds. The molecule has 2 aromatic carbocycles. The van der Waals surface area contributed by atoms with E-state index in [4.69, 9.17) is 13.9 Å². The average molecular weight is 458 g/mol. The lowest BCUT2D eigenvalue weighted by Gasteiger charge is -2.17. The number of amides is 1. The van der Waals surface area contributed by atoms with Crippen molar-refractivity contribution in [3.63, 3.8) is 0 Å². The molecule has 0 radical (unpaired) electrons. The summed E-state index contributed by atoms with van der Waals surface area (Å²) in [5.41, 5.74) is -0.00714. The SMILES string of the molecule is Cc1oc2cc(O[C@@H](C)C(=O)N[C@@H]3CCS(=O)(=O)C3)ccc2c(=O)c1Oc1ccccc1. The highest BCUT2D eigenvalue weighted by Gasteiger charge is 2.30. The second kappa shape index (κ2) is 8.66. The monoisotopic (exact) mass is 457 g/mol. The third-order valence-electron chi connectivity index (χ3n) is 5.21. The molecule has 1 N–H and O–H groups in total. The number of nitrogens with one attached hydrogen (secondary N) is 1. The summed E-state index contributed by atoms with van der Waals surface area (Å²) >= 11 is 0. The number of hydrogen-bond donors (Lipinski definition) is 1. The largest absolute Gasteiger partial charge is 0.481 e. The Bertz CT molecular complexity index is 1320. The number of para-hydroxylation sites is 1. The van der Waals surface area contributed by atoms with Gasteiger partial charge in [0.15, 0.2) is 15.9 Å². The summed E-state index contributed by atoms with van der Waals surface area (Å²) in [7, 11) is -3.09. The molecule has 1 saturated heterocycles. The Morgan fingerprint density at radius 1 is 1.16 bits per heavy atom. The van der Waals surface area contributed by atoms with Crippen LogP contribution in [-0.2, 0) is 14.6 Å². The lowest BCUT2D eigenvalue weighted by molar-refractivity contribution is -0.127. The van der Waals surface area contributed by atoms with Crippen LogP contribution in [0.5, 0.6) is 17.2 Å². The summed E-state index contributed by atoms with van der Waals surface area (Å²) in [6.07, 6.45) is -0.460. The number of carbonyl (C=O) groups excluding carboxylic acids is 1. The van der Waals surface area contributed by atoms with Crippen molar-refractivity contribution in [1.82, 2.24) is 5.32 Å². The first-order valence-electron chi connectivity index (χ1n) is 10.2.